The summed E-state index contributed by atoms with van der Waals surface area (Å²) in [5.74, 6) is 0.434. The summed E-state index contributed by atoms with van der Waals surface area (Å²) in [4.78, 5) is 0. The van der Waals surface area contributed by atoms with E-state index in [-0.39, 0.29) is 0 Å². The van der Waals surface area contributed by atoms with Gasteiger partial charge in [0, 0.05) is 6.54 Å². The van der Waals surface area contributed by atoms with Gasteiger partial charge in [0.05, 0.1) is 5.56 Å². The van der Waals surface area contributed by atoms with Gasteiger partial charge in [0.25, 0.3) is 0 Å². The molecule has 1 aliphatic rings. The molecule has 1 saturated carbocycles. The Balaban J connectivity index is 2.23. The predicted molar refractivity (Wildman–Crippen MR) is 75.1 cm³/mol. The fourth-order valence-electron chi connectivity index (χ4n) is 2.84. The summed E-state index contributed by atoms with van der Waals surface area (Å²) in [7, 11) is 0. The van der Waals surface area contributed by atoms with E-state index in [4.69, 9.17) is 5.73 Å². The van der Waals surface area contributed by atoms with Crippen molar-refractivity contribution in [1.29, 1.82) is 0 Å². The Hall–Kier alpha value is -1.29. The quantitative estimate of drug-likeness (QED) is 0.860. The zero-order chi connectivity index (χ0) is 14.6. The number of rotatable bonds is 3. The van der Waals surface area contributed by atoms with Crippen LogP contribution in [0.4, 0.5) is 13.2 Å². The summed E-state index contributed by atoms with van der Waals surface area (Å²) in [6, 6.07) is 5.44. The monoisotopic (exact) mass is 283 g/mol. The number of benzene rings is 1. The zero-order valence-electron chi connectivity index (χ0n) is 11.4. The molecule has 1 aromatic rings. The number of hydrogen-bond donors (Lipinski definition) is 1. The SMILES string of the molecule is NC/C(=C/c1cccc(C(F)(F)F)c1)C1CCCCC1. The lowest BCUT2D eigenvalue weighted by molar-refractivity contribution is -0.137. The average Bonchev–Trinajstić information content (AvgIpc) is 2.45. The van der Waals surface area contributed by atoms with Crippen LogP contribution >= 0.6 is 0 Å². The van der Waals surface area contributed by atoms with Crippen LogP contribution in [0.1, 0.15) is 43.2 Å². The summed E-state index contributed by atoms with van der Waals surface area (Å²) < 4.78 is 38.1. The third kappa shape index (κ3) is 3.85. The van der Waals surface area contributed by atoms with Crippen LogP contribution in [0.15, 0.2) is 29.8 Å². The molecular weight excluding hydrogens is 263 g/mol. The van der Waals surface area contributed by atoms with E-state index in [1.54, 1.807) is 6.07 Å². The molecule has 0 radical (unpaired) electrons. The van der Waals surface area contributed by atoms with Crippen LogP contribution in [0.5, 0.6) is 0 Å². The van der Waals surface area contributed by atoms with Gasteiger partial charge in [-0.25, -0.2) is 0 Å². The van der Waals surface area contributed by atoms with Crippen molar-refractivity contribution in [3.05, 3.63) is 41.0 Å². The summed E-state index contributed by atoms with van der Waals surface area (Å²) in [6.45, 7) is 0.418. The van der Waals surface area contributed by atoms with Crippen molar-refractivity contribution in [3.63, 3.8) is 0 Å². The molecule has 1 nitrogen and oxygen atoms in total. The van der Waals surface area contributed by atoms with Crippen molar-refractivity contribution in [2.75, 3.05) is 6.54 Å². The van der Waals surface area contributed by atoms with Gasteiger partial charge < -0.3 is 5.73 Å². The van der Waals surface area contributed by atoms with Crippen molar-refractivity contribution in [1.82, 2.24) is 0 Å². The van der Waals surface area contributed by atoms with Crippen LogP contribution in [0, 0.1) is 5.92 Å². The number of halogens is 3. The first-order valence-electron chi connectivity index (χ1n) is 7.08. The van der Waals surface area contributed by atoms with Gasteiger partial charge in [-0.1, -0.05) is 43.0 Å². The van der Waals surface area contributed by atoms with E-state index in [0.29, 0.717) is 18.0 Å². The van der Waals surface area contributed by atoms with E-state index >= 15 is 0 Å². The maximum absolute atomic E-state index is 12.7. The number of nitrogens with two attached hydrogens (primary N) is 1. The average molecular weight is 283 g/mol. The molecule has 0 bridgehead atoms. The smallest absolute Gasteiger partial charge is 0.327 e. The Morgan fingerprint density at radius 3 is 2.50 bits per heavy atom. The van der Waals surface area contributed by atoms with Crippen LogP contribution in [0.25, 0.3) is 6.08 Å². The molecule has 110 valence electrons. The molecule has 0 saturated heterocycles. The molecule has 2 rings (SSSR count). The second-order valence-corrected chi connectivity index (χ2v) is 5.38. The maximum Gasteiger partial charge on any atom is 0.416 e. The Morgan fingerprint density at radius 2 is 1.90 bits per heavy atom. The summed E-state index contributed by atoms with van der Waals surface area (Å²) >= 11 is 0. The van der Waals surface area contributed by atoms with Crippen molar-refractivity contribution in [2.45, 2.75) is 38.3 Å². The normalized spacial score (nSPS) is 18.3. The fourth-order valence-corrected chi connectivity index (χ4v) is 2.84. The van der Waals surface area contributed by atoms with Gasteiger partial charge in [-0.05, 0) is 36.5 Å². The minimum atomic E-state index is -4.29. The molecule has 2 N–H and O–H groups in total. The first-order valence-corrected chi connectivity index (χ1v) is 7.08. The Labute approximate surface area is 117 Å². The molecule has 1 fully saturated rings. The van der Waals surface area contributed by atoms with E-state index in [1.165, 1.54) is 31.4 Å². The Bertz CT molecular complexity index is 471. The molecule has 1 aliphatic carbocycles. The standard InChI is InChI=1S/C16H20F3N/c17-16(18,19)15-8-4-5-12(10-15)9-14(11-20)13-6-2-1-3-7-13/h4-5,8-10,13H,1-3,6-7,11,20H2/b14-9-. The minimum absolute atomic E-state index is 0.418. The summed E-state index contributed by atoms with van der Waals surface area (Å²) in [5, 5.41) is 0. The summed E-state index contributed by atoms with van der Waals surface area (Å²) in [5.41, 5.74) is 6.84. The minimum Gasteiger partial charge on any atom is -0.327 e. The molecule has 4 heteroatoms. The molecule has 0 atom stereocenters. The predicted octanol–water partition coefficient (Wildman–Crippen LogP) is 4.63. The van der Waals surface area contributed by atoms with Gasteiger partial charge in [0.15, 0.2) is 0 Å². The van der Waals surface area contributed by atoms with Crippen LogP contribution in [-0.2, 0) is 6.18 Å². The molecule has 1 aromatic carbocycles. The van der Waals surface area contributed by atoms with Crippen LogP contribution in [0.3, 0.4) is 0 Å². The van der Waals surface area contributed by atoms with E-state index < -0.39 is 11.7 Å². The van der Waals surface area contributed by atoms with Gasteiger partial charge in [-0.15, -0.1) is 0 Å². The molecule has 0 unspecified atom stereocenters. The largest absolute Gasteiger partial charge is 0.416 e. The molecule has 20 heavy (non-hydrogen) atoms. The first-order chi connectivity index (χ1) is 9.50. The van der Waals surface area contributed by atoms with Gasteiger partial charge in [0.1, 0.15) is 0 Å². The fraction of sp³-hybridized carbons (Fsp3) is 0.500. The molecular formula is C16H20F3N. The third-order valence-corrected chi connectivity index (χ3v) is 3.93. The Kier molecular flexibility index (Phi) is 4.86. The highest BCUT2D eigenvalue weighted by Crippen LogP contribution is 2.32. The lowest BCUT2D eigenvalue weighted by Gasteiger charge is -2.24. The number of alkyl halides is 3. The van der Waals surface area contributed by atoms with Crippen LogP contribution < -0.4 is 5.73 Å². The first kappa shape index (κ1) is 15.1. The molecule has 0 heterocycles. The van der Waals surface area contributed by atoms with Crippen molar-refractivity contribution in [2.24, 2.45) is 11.7 Å². The highest BCUT2D eigenvalue weighted by atomic mass is 19.4. The Morgan fingerprint density at radius 1 is 1.20 bits per heavy atom. The lowest BCUT2D eigenvalue weighted by atomic mass is 9.83. The van der Waals surface area contributed by atoms with Gasteiger partial charge in [0.2, 0.25) is 0 Å². The van der Waals surface area contributed by atoms with Crippen molar-refractivity contribution < 1.29 is 13.2 Å². The van der Waals surface area contributed by atoms with Crippen molar-refractivity contribution in [3.8, 4) is 0 Å². The van der Waals surface area contributed by atoms with Gasteiger partial charge in [-0.2, -0.15) is 13.2 Å². The second-order valence-electron chi connectivity index (χ2n) is 5.38. The van der Waals surface area contributed by atoms with E-state index in [0.717, 1.165) is 24.5 Å². The molecule has 0 aromatic heterocycles. The lowest BCUT2D eigenvalue weighted by Crippen LogP contribution is -2.16. The topological polar surface area (TPSA) is 26.0 Å². The highest BCUT2D eigenvalue weighted by Gasteiger charge is 2.30. The van der Waals surface area contributed by atoms with E-state index in [2.05, 4.69) is 0 Å². The van der Waals surface area contributed by atoms with E-state index in [1.807, 2.05) is 6.08 Å². The maximum atomic E-state index is 12.7. The van der Waals surface area contributed by atoms with Gasteiger partial charge >= 0.3 is 6.18 Å². The second kappa shape index (κ2) is 6.44. The van der Waals surface area contributed by atoms with Crippen molar-refractivity contribution >= 4 is 6.08 Å². The number of hydrogen-bond acceptors (Lipinski definition) is 1. The molecule has 0 aliphatic heterocycles. The summed E-state index contributed by atoms with van der Waals surface area (Å²) in [6.07, 6.45) is 3.36. The third-order valence-electron chi connectivity index (χ3n) is 3.93. The van der Waals surface area contributed by atoms with Crippen LogP contribution in [0.2, 0.25) is 0 Å². The van der Waals surface area contributed by atoms with Crippen LogP contribution in [-0.4, -0.2) is 6.54 Å². The van der Waals surface area contributed by atoms with E-state index in [9.17, 15) is 13.2 Å². The zero-order valence-corrected chi connectivity index (χ0v) is 11.4. The molecule has 0 spiro atoms. The molecule has 0 amide bonds. The highest BCUT2D eigenvalue weighted by molar-refractivity contribution is 5.55. The van der Waals surface area contributed by atoms with Gasteiger partial charge in [-0.3, -0.25) is 0 Å².